The molecule has 0 saturated carbocycles. The molecule has 1 aliphatic rings. The Morgan fingerprint density at radius 1 is 1.25 bits per heavy atom. The molecule has 2 aromatic heterocycles. The first-order valence-corrected chi connectivity index (χ1v) is 8.17. The molecule has 1 unspecified atom stereocenters. The molecule has 8 heteroatoms. The summed E-state index contributed by atoms with van der Waals surface area (Å²) in [5.74, 6) is 2.65. The molecule has 8 nitrogen and oxygen atoms in total. The lowest BCUT2D eigenvalue weighted by molar-refractivity contribution is 0.368. The lowest BCUT2D eigenvalue weighted by Crippen LogP contribution is -2.38. The van der Waals surface area contributed by atoms with E-state index in [1.807, 2.05) is 37.3 Å². The summed E-state index contributed by atoms with van der Waals surface area (Å²) in [6.45, 7) is 3.66. The summed E-state index contributed by atoms with van der Waals surface area (Å²) in [6.07, 6.45) is 3.07. The molecule has 24 heavy (non-hydrogen) atoms. The normalized spacial score (nSPS) is 18.0. The number of aryl methyl sites for hydroxylation is 1. The van der Waals surface area contributed by atoms with E-state index in [9.17, 15) is 0 Å². The summed E-state index contributed by atoms with van der Waals surface area (Å²) in [6, 6.07) is 9.96. The van der Waals surface area contributed by atoms with Crippen molar-refractivity contribution in [2.24, 2.45) is 5.92 Å². The fourth-order valence-corrected chi connectivity index (χ4v) is 3.21. The van der Waals surface area contributed by atoms with Gasteiger partial charge >= 0.3 is 0 Å². The number of hydrogen-bond donors (Lipinski definition) is 0. The van der Waals surface area contributed by atoms with E-state index in [1.54, 1.807) is 4.68 Å². The SMILES string of the molecule is Cc1nc(CC2CCCN(c3nnnn3-c3ccccc3)C2)no1. The van der Waals surface area contributed by atoms with Crippen molar-refractivity contribution in [1.82, 2.24) is 30.3 Å². The van der Waals surface area contributed by atoms with Gasteiger partial charge in [0.25, 0.3) is 0 Å². The average Bonchev–Trinajstić information content (AvgIpc) is 3.25. The van der Waals surface area contributed by atoms with Crippen LogP contribution in [0, 0.1) is 12.8 Å². The zero-order valence-electron chi connectivity index (χ0n) is 13.5. The highest BCUT2D eigenvalue weighted by Crippen LogP contribution is 2.24. The molecule has 0 spiro atoms. The Labute approximate surface area is 139 Å². The van der Waals surface area contributed by atoms with Gasteiger partial charge in [-0.2, -0.15) is 9.67 Å². The number of nitrogens with zero attached hydrogens (tertiary/aromatic N) is 7. The summed E-state index contributed by atoms with van der Waals surface area (Å²) in [5.41, 5.74) is 0.966. The molecule has 3 aromatic rings. The predicted molar refractivity (Wildman–Crippen MR) is 86.8 cm³/mol. The Morgan fingerprint density at radius 2 is 2.12 bits per heavy atom. The minimum Gasteiger partial charge on any atom is -0.340 e. The number of piperidine rings is 1. The van der Waals surface area contributed by atoms with Gasteiger partial charge in [-0.3, -0.25) is 0 Å². The van der Waals surface area contributed by atoms with Gasteiger partial charge in [0, 0.05) is 26.4 Å². The first kappa shape index (κ1) is 14.8. The van der Waals surface area contributed by atoms with Gasteiger partial charge in [0.2, 0.25) is 11.8 Å². The summed E-state index contributed by atoms with van der Waals surface area (Å²) in [7, 11) is 0. The second-order valence-corrected chi connectivity index (χ2v) is 6.11. The van der Waals surface area contributed by atoms with Crippen molar-refractivity contribution in [3.8, 4) is 5.69 Å². The Morgan fingerprint density at radius 3 is 2.92 bits per heavy atom. The quantitative estimate of drug-likeness (QED) is 0.723. The Balaban J connectivity index is 1.52. The van der Waals surface area contributed by atoms with E-state index in [2.05, 4.69) is 30.6 Å². The number of rotatable bonds is 4. The van der Waals surface area contributed by atoms with Crippen molar-refractivity contribution in [1.29, 1.82) is 0 Å². The molecular formula is C16H19N7O. The summed E-state index contributed by atoms with van der Waals surface area (Å²) in [5, 5.41) is 16.3. The van der Waals surface area contributed by atoms with E-state index in [0.29, 0.717) is 11.8 Å². The molecule has 0 aliphatic carbocycles. The van der Waals surface area contributed by atoms with Gasteiger partial charge in [0.1, 0.15) is 0 Å². The first-order chi connectivity index (χ1) is 11.8. The van der Waals surface area contributed by atoms with Crippen molar-refractivity contribution in [2.45, 2.75) is 26.2 Å². The lowest BCUT2D eigenvalue weighted by Gasteiger charge is -2.32. The molecule has 1 fully saturated rings. The van der Waals surface area contributed by atoms with Crippen LogP contribution in [0.4, 0.5) is 5.95 Å². The molecule has 124 valence electrons. The maximum Gasteiger partial charge on any atom is 0.250 e. The van der Waals surface area contributed by atoms with Crippen molar-refractivity contribution < 1.29 is 4.52 Å². The van der Waals surface area contributed by atoms with Gasteiger partial charge in [-0.25, -0.2) is 0 Å². The monoisotopic (exact) mass is 325 g/mol. The van der Waals surface area contributed by atoms with Gasteiger partial charge in [-0.15, -0.1) is 0 Å². The molecule has 0 N–H and O–H groups in total. The third-order valence-corrected chi connectivity index (χ3v) is 4.30. The van der Waals surface area contributed by atoms with Crippen LogP contribution < -0.4 is 4.90 Å². The van der Waals surface area contributed by atoms with Crippen LogP contribution in [-0.2, 0) is 6.42 Å². The van der Waals surface area contributed by atoms with Crippen LogP contribution in [0.3, 0.4) is 0 Å². The topological polar surface area (TPSA) is 85.8 Å². The predicted octanol–water partition coefficient (Wildman–Crippen LogP) is 1.81. The van der Waals surface area contributed by atoms with Crippen molar-refractivity contribution in [3.63, 3.8) is 0 Å². The minimum absolute atomic E-state index is 0.469. The van der Waals surface area contributed by atoms with Gasteiger partial charge in [0.15, 0.2) is 5.82 Å². The van der Waals surface area contributed by atoms with Crippen LogP contribution in [0.2, 0.25) is 0 Å². The van der Waals surface area contributed by atoms with E-state index >= 15 is 0 Å². The first-order valence-electron chi connectivity index (χ1n) is 8.17. The largest absolute Gasteiger partial charge is 0.340 e. The van der Waals surface area contributed by atoms with E-state index < -0.39 is 0 Å². The Bertz CT molecular complexity index is 798. The van der Waals surface area contributed by atoms with Crippen molar-refractivity contribution in [2.75, 3.05) is 18.0 Å². The van der Waals surface area contributed by atoms with Crippen LogP contribution >= 0.6 is 0 Å². The number of benzene rings is 1. The van der Waals surface area contributed by atoms with Crippen molar-refractivity contribution in [3.05, 3.63) is 42.0 Å². The Kier molecular flexibility index (Phi) is 3.94. The smallest absolute Gasteiger partial charge is 0.250 e. The fraction of sp³-hybridized carbons (Fsp3) is 0.438. The maximum atomic E-state index is 5.07. The van der Waals surface area contributed by atoms with Crippen LogP contribution in [0.5, 0.6) is 0 Å². The van der Waals surface area contributed by atoms with Gasteiger partial charge < -0.3 is 9.42 Å². The van der Waals surface area contributed by atoms with E-state index in [-0.39, 0.29) is 0 Å². The molecular weight excluding hydrogens is 306 g/mol. The van der Waals surface area contributed by atoms with Crippen LogP contribution in [0.15, 0.2) is 34.9 Å². The fourth-order valence-electron chi connectivity index (χ4n) is 3.21. The second-order valence-electron chi connectivity index (χ2n) is 6.11. The van der Waals surface area contributed by atoms with Gasteiger partial charge in [-0.1, -0.05) is 28.5 Å². The number of anilines is 1. The zero-order valence-corrected chi connectivity index (χ0v) is 13.5. The standard InChI is InChI=1S/C16H19N7O/c1-12-17-15(19-24-12)10-13-6-5-9-22(11-13)16-18-20-21-23(16)14-7-3-2-4-8-14/h2-4,7-8,13H,5-6,9-11H2,1H3. The summed E-state index contributed by atoms with van der Waals surface area (Å²) in [4.78, 5) is 6.56. The molecule has 0 bridgehead atoms. The van der Waals surface area contributed by atoms with Crippen molar-refractivity contribution >= 4 is 5.95 Å². The zero-order chi connectivity index (χ0) is 16.4. The third-order valence-electron chi connectivity index (χ3n) is 4.30. The van der Waals surface area contributed by atoms with Gasteiger partial charge in [-0.05, 0) is 41.3 Å². The Hall–Kier alpha value is -2.77. The van der Waals surface area contributed by atoms with Crippen LogP contribution in [0.1, 0.15) is 24.6 Å². The molecule has 0 amide bonds. The maximum absolute atomic E-state index is 5.07. The molecule has 1 aliphatic heterocycles. The van der Waals surface area contributed by atoms with E-state index in [4.69, 9.17) is 4.52 Å². The highest BCUT2D eigenvalue weighted by atomic mass is 16.5. The van der Waals surface area contributed by atoms with E-state index in [0.717, 1.165) is 49.8 Å². The molecule has 3 heterocycles. The molecule has 0 radical (unpaired) electrons. The highest BCUT2D eigenvalue weighted by molar-refractivity contribution is 5.40. The van der Waals surface area contributed by atoms with Crippen LogP contribution in [-0.4, -0.2) is 43.4 Å². The average molecular weight is 325 g/mol. The number of tetrazole rings is 1. The second kappa shape index (κ2) is 6.38. The summed E-state index contributed by atoms with van der Waals surface area (Å²) < 4.78 is 6.86. The molecule has 1 aromatic carbocycles. The molecule has 1 saturated heterocycles. The number of hydrogen-bond acceptors (Lipinski definition) is 7. The minimum atomic E-state index is 0.469. The molecule has 1 atom stereocenters. The lowest BCUT2D eigenvalue weighted by atomic mass is 9.95. The number of para-hydroxylation sites is 1. The molecule has 4 rings (SSSR count). The third kappa shape index (κ3) is 2.99. The van der Waals surface area contributed by atoms with Gasteiger partial charge in [0.05, 0.1) is 5.69 Å². The number of aromatic nitrogens is 6. The highest BCUT2D eigenvalue weighted by Gasteiger charge is 2.25. The summed E-state index contributed by atoms with van der Waals surface area (Å²) >= 11 is 0. The van der Waals surface area contributed by atoms with E-state index in [1.165, 1.54) is 0 Å². The van der Waals surface area contributed by atoms with Crippen LogP contribution in [0.25, 0.3) is 5.69 Å².